The van der Waals surface area contributed by atoms with Gasteiger partial charge in [-0.3, -0.25) is 9.78 Å². The highest BCUT2D eigenvalue weighted by Crippen LogP contribution is 2.35. The zero-order valence-electron chi connectivity index (χ0n) is 16.9. The molecule has 0 aliphatic carbocycles. The molecule has 1 saturated heterocycles. The van der Waals surface area contributed by atoms with Crippen LogP contribution in [0.25, 0.3) is 21.8 Å². The number of rotatable bonds is 5. The molecule has 1 aromatic carbocycles. The summed E-state index contributed by atoms with van der Waals surface area (Å²) >= 11 is 1.41. The van der Waals surface area contributed by atoms with E-state index in [4.69, 9.17) is 4.74 Å². The molecule has 2 unspecified atom stereocenters. The van der Waals surface area contributed by atoms with Crippen molar-refractivity contribution in [3.8, 4) is 21.8 Å². The monoisotopic (exact) mass is 431 g/mol. The lowest BCUT2D eigenvalue weighted by Gasteiger charge is -2.22. The molecule has 1 amide bonds. The predicted molar refractivity (Wildman–Crippen MR) is 119 cm³/mol. The van der Waals surface area contributed by atoms with E-state index in [0.29, 0.717) is 17.8 Å². The summed E-state index contributed by atoms with van der Waals surface area (Å²) in [6, 6.07) is 13.6. The molecule has 4 aromatic rings. The summed E-state index contributed by atoms with van der Waals surface area (Å²) in [4.78, 5) is 32.4. The molecule has 0 radical (unpaired) electrons. The number of hydrogen-bond acceptors (Lipinski definition) is 6. The van der Waals surface area contributed by atoms with Gasteiger partial charge < -0.3 is 14.6 Å². The highest BCUT2D eigenvalue weighted by molar-refractivity contribution is 7.16. The number of aromatic nitrogens is 4. The van der Waals surface area contributed by atoms with Gasteiger partial charge in [-0.25, -0.2) is 9.97 Å². The Morgan fingerprint density at radius 2 is 1.94 bits per heavy atom. The van der Waals surface area contributed by atoms with Crippen LogP contribution in [0.2, 0.25) is 0 Å². The Balaban J connectivity index is 1.42. The first kappa shape index (κ1) is 19.6. The Morgan fingerprint density at radius 3 is 2.71 bits per heavy atom. The fourth-order valence-electron chi connectivity index (χ4n) is 3.86. The van der Waals surface area contributed by atoms with E-state index in [-0.39, 0.29) is 18.1 Å². The Bertz CT molecular complexity index is 1170. The fraction of sp³-hybridized carbons (Fsp3) is 0.217. The lowest BCUT2D eigenvalue weighted by Crippen LogP contribution is -2.32. The largest absolute Gasteiger partial charge is 0.380 e. The number of nitrogens with one attached hydrogen (secondary N) is 1. The Morgan fingerprint density at radius 1 is 1.10 bits per heavy atom. The average Bonchev–Trinajstić information content (AvgIpc) is 3.59. The van der Waals surface area contributed by atoms with Crippen molar-refractivity contribution in [2.45, 2.75) is 18.6 Å². The number of likely N-dealkylation sites (tertiary alicyclic amines) is 1. The smallest absolute Gasteiger partial charge is 0.266 e. The lowest BCUT2D eigenvalue weighted by atomic mass is 10.2. The number of carbonyl (C=O) groups excluding carboxylic acids is 1. The number of benzene rings is 1. The molecule has 2 atom stereocenters. The maximum absolute atomic E-state index is 13.4. The van der Waals surface area contributed by atoms with E-state index in [1.165, 1.54) is 11.3 Å². The Kier molecular flexibility index (Phi) is 5.31. The van der Waals surface area contributed by atoms with Gasteiger partial charge in [0.2, 0.25) is 0 Å². The van der Waals surface area contributed by atoms with Crippen LogP contribution in [0.3, 0.4) is 0 Å². The summed E-state index contributed by atoms with van der Waals surface area (Å²) in [5, 5.41) is 0.833. The first-order valence-corrected chi connectivity index (χ1v) is 10.8. The molecule has 7 nitrogen and oxygen atoms in total. The molecular formula is C23H21N5O2S. The number of nitrogens with zero attached hydrogens (tertiary/aromatic N) is 4. The zero-order valence-corrected chi connectivity index (χ0v) is 17.7. The van der Waals surface area contributed by atoms with Gasteiger partial charge in [0.25, 0.3) is 5.91 Å². The molecule has 156 valence electrons. The zero-order chi connectivity index (χ0) is 21.2. The quantitative estimate of drug-likeness (QED) is 0.512. The van der Waals surface area contributed by atoms with Crippen LogP contribution < -0.4 is 0 Å². The number of methoxy groups -OCH3 is 1. The molecule has 4 heterocycles. The van der Waals surface area contributed by atoms with Gasteiger partial charge >= 0.3 is 0 Å². The van der Waals surface area contributed by atoms with Gasteiger partial charge in [-0.15, -0.1) is 11.3 Å². The number of hydrogen-bond donors (Lipinski definition) is 1. The Hall–Kier alpha value is -3.36. The second-order valence-corrected chi connectivity index (χ2v) is 8.42. The van der Waals surface area contributed by atoms with Crippen LogP contribution in [0.4, 0.5) is 0 Å². The maximum Gasteiger partial charge on any atom is 0.266 e. The summed E-state index contributed by atoms with van der Waals surface area (Å²) < 4.78 is 5.59. The SMILES string of the molecule is COC1CC(c2ncc(-c3cccnc3)[nH]2)N(C(=O)c2cnc(-c3ccccc3)s2)C1. The van der Waals surface area contributed by atoms with E-state index in [0.717, 1.165) is 27.7 Å². The number of pyridine rings is 1. The molecule has 1 aliphatic rings. The molecule has 1 fully saturated rings. The van der Waals surface area contributed by atoms with Gasteiger partial charge in [-0.2, -0.15) is 0 Å². The van der Waals surface area contributed by atoms with Crippen molar-refractivity contribution in [2.24, 2.45) is 0 Å². The topological polar surface area (TPSA) is 84.0 Å². The van der Waals surface area contributed by atoms with E-state index < -0.39 is 0 Å². The first-order chi connectivity index (χ1) is 15.2. The summed E-state index contributed by atoms with van der Waals surface area (Å²) in [5.41, 5.74) is 2.84. The van der Waals surface area contributed by atoms with Gasteiger partial charge in [-0.1, -0.05) is 30.3 Å². The summed E-state index contributed by atoms with van der Waals surface area (Å²) in [5.74, 6) is 0.697. The predicted octanol–water partition coefficient (Wildman–Crippen LogP) is 4.20. The number of thiazole rings is 1. The fourth-order valence-corrected chi connectivity index (χ4v) is 4.73. The van der Waals surface area contributed by atoms with Gasteiger partial charge in [0.1, 0.15) is 15.7 Å². The number of aromatic amines is 1. The van der Waals surface area contributed by atoms with E-state index in [9.17, 15) is 4.79 Å². The van der Waals surface area contributed by atoms with E-state index in [2.05, 4.69) is 19.9 Å². The second-order valence-electron chi connectivity index (χ2n) is 7.39. The van der Waals surface area contributed by atoms with E-state index in [1.54, 1.807) is 31.9 Å². The molecule has 1 N–H and O–H groups in total. The van der Waals surface area contributed by atoms with Crippen LogP contribution in [-0.4, -0.2) is 50.5 Å². The normalized spacial score (nSPS) is 18.4. The third kappa shape index (κ3) is 3.87. The van der Waals surface area contributed by atoms with Crippen molar-refractivity contribution in [1.82, 2.24) is 24.8 Å². The molecular weight excluding hydrogens is 410 g/mol. The molecule has 8 heteroatoms. The number of imidazole rings is 1. The molecule has 0 bridgehead atoms. The van der Waals surface area contributed by atoms with Crippen LogP contribution in [0.15, 0.2) is 67.3 Å². The van der Waals surface area contributed by atoms with Crippen molar-refractivity contribution in [2.75, 3.05) is 13.7 Å². The highest BCUT2D eigenvalue weighted by Gasteiger charge is 2.39. The number of carbonyl (C=O) groups is 1. The van der Waals surface area contributed by atoms with Crippen LogP contribution >= 0.6 is 11.3 Å². The number of ether oxygens (including phenoxy) is 1. The van der Waals surface area contributed by atoms with Crippen LogP contribution in [0.1, 0.15) is 28.0 Å². The van der Waals surface area contributed by atoms with Crippen molar-refractivity contribution in [3.05, 3.63) is 78.0 Å². The lowest BCUT2D eigenvalue weighted by molar-refractivity contribution is 0.0689. The van der Waals surface area contributed by atoms with Gasteiger partial charge in [0.05, 0.1) is 30.2 Å². The number of H-pyrrole nitrogens is 1. The van der Waals surface area contributed by atoms with Gasteiger partial charge in [0, 0.05) is 43.6 Å². The molecule has 0 spiro atoms. The minimum Gasteiger partial charge on any atom is -0.380 e. The minimum atomic E-state index is -0.190. The molecule has 31 heavy (non-hydrogen) atoms. The van der Waals surface area contributed by atoms with E-state index in [1.807, 2.05) is 47.4 Å². The molecule has 1 aliphatic heterocycles. The van der Waals surface area contributed by atoms with Crippen molar-refractivity contribution in [1.29, 1.82) is 0 Å². The van der Waals surface area contributed by atoms with Crippen LogP contribution in [0, 0.1) is 0 Å². The summed E-state index contributed by atoms with van der Waals surface area (Å²) in [6.45, 7) is 0.515. The van der Waals surface area contributed by atoms with Gasteiger partial charge in [-0.05, 0) is 12.1 Å². The van der Waals surface area contributed by atoms with Crippen molar-refractivity contribution in [3.63, 3.8) is 0 Å². The third-order valence-electron chi connectivity index (χ3n) is 5.48. The second kappa shape index (κ2) is 8.41. The van der Waals surface area contributed by atoms with Gasteiger partial charge in [0.15, 0.2) is 0 Å². The number of amides is 1. The average molecular weight is 432 g/mol. The maximum atomic E-state index is 13.4. The molecule has 0 saturated carbocycles. The summed E-state index contributed by atoms with van der Waals surface area (Å²) in [6.07, 6.45) is 7.62. The summed E-state index contributed by atoms with van der Waals surface area (Å²) in [7, 11) is 1.68. The molecule has 5 rings (SSSR count). The van der Waals surface area contributed by atoms with E-state index >= 15 is 0 Å². The van der Waals surface area contributed by atoms with Crippen LogP contribution in [-0.2, 0) is 4.74 Å². The first-order valence-electron chi connectivity index (χ1n) is 10.0. The Labute approximate surface area is 183 Å². The van der Waals surface area contributed by atoms with Crippen LogP contribution in [0.5, 0.6) is 0 Å². The standard InChI is InChI=1S/C23H21N5O2S/c1-30-17-10-19(21-25-12-18(27-21)16-8-5-9-24-11-16)28(14-17)23(29)20-13-26-22(31-20)15-6-3-2-4-7-15/h2-9,11-13,17,19H,10,14H2,1H3,(H,25,27). The van der Waals surface area contributed by atoms with Crippen molar-refractivity contribution < 1.29 is 9.53 Å². The molecule has 3 aromatic heterocycles. The third-order valence-corrected chi connectivity index (χ3v) is 6.51. The highest BCUT2D eigenvalue weighted by atomic mass is 32.1. The minimum absolute atomic E-state index is 0.0394. The van der Waals surface area contributed by atoms with Crippen molar-refractivity contribution >= 4 is 17.2 Å².